The number of benzene rings is 1. The van der Waals surface area contributed by atoms with Crippen LogP contribution < -0.4 is 5.69 Å². The smallest absolute Gasteiger partial charge is 0.345 e. The third-order valence-corrected chi connectivity index (χ3v) is 2.24. The van der Waals surface area contributed by atoms with Crippen molar-refractivity contribution in [1.29, 1.82) is 0 Å². The molecule has 0 spiro atoms. The van der Waals surface area contributed by atoms with Crippen LogP contribution in [-0.4, -0.2) is 20.3 Å². The molecule has 3 aromatic rings. The lowest BCUT2D eigenvalue weighted by Gasteiger charge is -2.00. The molecule has 0 saturated carbocycles. The van der Waals surface area contributed by atoms with E-state index in [9.17, 15) is 4.79 Å². The van der Waals surface area contributed by atoms with Gasteiger partial charge in [0, 0.05) is 10.7 Å². The Hall–Kier alpha value is -2.50. The zero-order valence-electron chi connectivity index (χ0n) is 8.04. The van der Waals surface area contributed by atoms with Crippen LogP contribution in [0, 0.1) is 0 Å². The summed E-state index contributed by atoms with van der Waals surface area (Å²) < 4.78 is 4.64. The molecule has 0 saturated heterocycles. The monoisotopic (exact) mass is 214 g/mol. The molecule has 1 aromatic carbocycles. The maximum Gasteiger partial charge on any atom is 0.346 e. The fourth-order valence-corrected chi connectivity index (χ4v) is 1.57. The van der Waals surface area contributed by atoms with Gasteiger partial charge in [-0.05, 0) is 6.07 Å². The molecule has 78 valence electrons. The average molecular weight is 214 g/mol. The molecule has 3 rings (SSSR count). The number of nitrogens with one attached hydrogen (secondary N) is 1. The van der Waals surface area contributed by atoms with Gasteiger partial charge in [0.15, 0.2) is 12.0 Å². The van der Waals surface area contributed by atoms with E-state index in [0.29, 0.717) is 16.9 Å². The van der Waals surface area contributed by atoms with Crippen molar-refractivity contribution in [1.82, 2.24) is 20.3 Å². The number of rotatable bonds is 1. The lowest BCUT2D eigenvalue weighted by atomic mass is 10.1. The molecule has 0 fully saturated rings. The highest BCUT2D eigenvalue weighted by Gasteiger charge is 2.10. The Bertz CT molecular complexity index is 687. The number of hydrogen-bond acceptors (Lipinski definition) is 5. The molecule has 2 aromatic heterocycles. The summed E-state index contributed by atoms with van der Waals surface area (Å²) in [6.45, 7) is 0. The summed E-state index contributed by atoms with van der Waals surface area (Å²) in [6.07, 6.45) is 1.36. The Labute approximate surface area is 88.9 Å². The molecular formula is C10H6N4O2. The third kappa shape index (κ3) is 1.28. The van der Waals surface area contributed by atoms with E-state index in [1.54, 1.807) is 6.07 Å². The fraction of sp³-hybridized carbons (Fsp3) is 0. The Morgan fingerprint density at radius 1 is 1.25 bits per heavy atom. The van der Waals surface area contributed by atoms with E-state index in [1.165, 1.54) is 6.26 Å². The first kappa shape index (κ1) is 8.78. The zero-order chi connectivity index (χ0) is 11.0. The quantitative estimate of drug-likeness (QED) is 0.652. The van der Waals surface area contributed by atoms with Gasteiger partial charge in [0.25, 0.3) is 0 Å². The van der Waals surface area contributed by atoms with Gasteiger partial charge in [0.1, 0.15) is 5.69 Å². The highest BCUT2D eigenvalue weighted by molar-refractivity contribution is 5.90. The summed E-state index contributed by atoms with van der Waals surface area (Å²) in [6, 6.07) is 7.35. The van der Waals surface area contributed by atoms with Crippen LogP contribution in [-0.2, 0) is 0 Å². The lowest BCUT2D eigenvalue weighted by molar-refractivity contribution is 0.393. The summed E-state index contributed by atoms with van der Waals surface area (Å²) in [5.74, 6) is 0. The van der Waals surface area contributed by atoms with Crippen LogP contribution in [0.5, 0.6) is 0 Å². The van der Waals surface area contributed by atoms with Gasteiger partial charge < -0.3 is 9.51 Å². The number of fused-ring (bicyclic) bond motifs is 1. The molecule has 0 amide bonds. The van der Waals surface area contributed by atoms with Crippen LogP contribution in [0.25, 0.3) is 22.3 Å². The van der Waals surface area contributed by atoms with Crippen LogP contribution in [0.3, 0.4) is 0 Å². The highest BCUT2D eigenvalue weighted by atomic mass is 16.5. The third-order valence-electron chi connectivity index (χ3n) is 2.24. The van der Waals surface area contributed by atoms with E-state index in [1.807, 2.05) is 18.2 Å². The summed E-state index contributed by atoms with van der Waals surface area (Å²) >= 11 is 0. The predicted molar refractivity (Wildman–Crippen MR) is 55.7 cm³/mol. The molecule has 0 atom stereocenters. The first-order valence-electron chi connectivity index (χ1n) is 4.61. The van der Waals surface area contributed by atoms with E-state index in [0.717, 1.165) is 5.39 Å². The van der Waals surface area contributed by atoms with E-state index in [4.69, 9.17) is 0 Å². The standard InChI is InChI=1S/C10H6N4O2/c15-10-11-7-4-2-1-3-6(7)9(12-10)8-5-16-14-13-8/h1-5H,(H,11,12,15). The van der Waals surface area contributed by atoms with Gasteiger partial charge in [0.05, 0.1) is 5.52 Å². The number of H-pyrrole nitrogens is 1. The number of nitrogens with zero attached hydrogens (tertiary/aromatic N) is 3. The molecule has 6 nitrogen and oxygen atoms in total. The largest absolute Gasteiger partial charge is 0.346 e. The maximum absolute atomic E-state index is 11.4. The predicted octanol–water partition coefficient (Wildman–Crippen LogP) is 0.973. The lowest BCUT2D eigenvalue weighted by Crippen LogP contribution is -2.11. The Morgan fingerprint density at radius 3 is 2.94 bits per heavy atom. The molecule has 0 aliphatic heterocycles. The van der Waals surface area contributed by atoms with Crippen molar-refractivity contribution < 1.29 is 4.52 Å². The Balaban J connectivity index is 2.44. The van der Waals surface area contributed by atoms with Gasteiger partial charge >= 0.3 is 5.69 Å². The van der Waals surface area contributed by atoms with E-state index in [2.05, 4.69) is 24.9 Å². The molecule has 1 N–H and O–H groups in total. The maximum atomic E-state index is 11.4. The van der Waals surface area contributed by atoms with E-state index >= 15 is 0 Å². The van der Waals surface area contributed by atoms with Crippen molar-refractivity contribution in [2.45, 2.75) is 0 Å². The summed E-state index contributed by atoms with van der Waals surface area (Å²) in [5.41, 5.74) is 1.21. The zero-order valence-corrected chi connectivity index (χ0v) is 8.04. The van der Waals surface area contributed by atoms with Crippen molar-refractivity contribution in [3.05, 3.63) is 41.0 Å². The molecule has 16 heavy (non-hydrogen) atoms. The summed E-state index contributed by atoms with van der Waals surface area (Å²) in [4.78, 5) is 17.9. The minimum atomic E-state index is -0.420. The minimum absolute atomic E-state index is 0.420. The highest BCUT2D eigenvalue weighted by Crippen LogP contribution is 2.21. The second-order valence-electron chi connectivity index (χ2n) is 3.23. The van der Waals surface area contributed by atoms with Crippen molar-refractivity contribution in [2.24, 2.45) is 0 Å². The van der Waals surface area contributed by atoms with Gasteiger partial charge in [0.2, 0.25) is 0 Å². The molecule has 0 aliphatic rings. The average Bonchev–Trinajstić information content (AvgIpc) is 2.81. The summed E-state index contributed by atoms with van der Waals surface area (Å²) in [5, 5.41) is 7.91. The van der Waals surface area contributed by atoms with Gasteiger partial charge in [-0.2, -0.15) is 4.98 Å². The molecule has 6 heteroatoms. The number of aromatic nitrogens is 4. The second-order valence-corrected chi connectivity index (χ2v) is 3.23. The van der Waals surface area contributed by atoms with Crippen molar-refractivity contribution in [3.63, 3.8) is 0 Å². The minimum Gasteiger partial charge on any atom is -0.345 e. The topological polar surface area (TPSA) is 84.7 Å². The van der Waals surface area contributed by atoms with Crippen LogP contribution in [0.4, 0.5) is 0 Å². The Morgan fingerprint density at radius 2 is 2.12 bits per heavy atom. The molecule has 2 heterocycles. The SMILES string of the molecule is O=c1nc(-c2conn2)c2ccccc2[nH]1. The molecular weight excluding hydrogens is 208 g/mol. The van der Waals surface area contributed by atoms with Crippen molar-refractivity contribution in [3.8, 4) is 11.4 Å². The number of aromatic amines is 1. The van der Waals surface area contributed by atoms with Crippen LogP contribution in [0.15, 0.2) is 39.8 Å². The van der Waals surface area contributed by atoms with Crippen LogP contribution in [0.2, 0.25) is 0 Å². The fourth-order valence-electron chi connectivity index (χ4n) is 1.57. The van der Waals surface area contributed by atoms with Gasteiger partial charge in [-0.25, -0.2) is 4.79 Å². The van der Waals surface area contributed by atoms with Gasteiger partial charge in [-0.3, -0.25) is 0 Å². The van der Waals surface area contributed by atoms with Crippen LogP contribution >= 0.6 is 0 Å². The molecule has 0 bridgehead atoms. The Kier molecular flexibility index (Phi) is 1.79. The first-order valence-corrected chi connectivity index (χ1v) is 4.61. The van der Waals surface area contributed by atoms with E-state index < -0.39 is 5.69 Å². The van der Waals surface area contributed by atoms with Crippen molar-refractivity contribution in [2.75, 3.05) is 0 Å². The second kappa shape index (κ2) is 3.27. The number of para-hydroxylation sites is 1. The van der Waals surface area contributed by atoms with Gasteiger partial charge in [-0.15, -0.1) is 5.10 Å². The van der Waals surface area contributed by atoms with E-state index in [-0.39, 0.29) is 0 Å². The normalized spacial score (nSPS) is 10.8. The van der Waals surface area contributed by atoms with Gasteiger partial charge in [-0.1, -0.05) is 18.2 Å². The molecule has 0 unspecified atom stereocenters. The summed E-state index contributed by atoms with van der Waals surface area (Å²) in [7, 11) is 0. The first-order chi connectivity index (χ1) is 7.84. The molecule has 0 aliphatic carbocycles. The van der Waals surface area contributed by atoms with Crippen molar-refractivity contribution >= 4 is 10.9 Å². The molecule has 0 radical (unpaired) electrons. The number of hydrogen-bond donors (Lipinski definition) is 1. The van der Waals surface area contributed by atoms with Crippen LogP contribution in [0.1, 0.15) is 0 Å².